The maximum atomic E-state index is 13.0. The van der Waals surface area contributed by atoms with E-state index in [0.29, 0.717) is 37.7 Å². The smallest absolute Gasteiger partial charge is 0.279 e. The summed E-state index contributed by atoms with van der Waals surface area (Å²) in [6.45, 7) is 4.73. The number of oxime groups is 1. The van der Waals surface area contributed by atoms with Gasteiger partial charge in [0.05, 0.1) is 43.7 Å². The van der Waals surface area contributed by atoms with Crippen LogP contribution in [-0.4, -0.2) is 85.0 Å². The number of aliphatic hydroxyl groups is 1. The maximum Gasteiger partial charge on any atom is 0.279 e. The van der Waals surface area contributed by atoms with Gasteiger partial charge in [0.25, 0.3) is 5.91 Å². The minimum atomic E-state index is -3.80. The zero-order valence-corrected chi connectivity index (χ0v) is 20.4. The number of aliphatic hydroxyl groups excluding tert-OH is 1. The lowest BCUT2D eigenvalue weighted by Gasteiger charge is -2.19. The van der Waals surface area contributed by atoms with Crippen LogP contribution in [0.1, 0.15) is 25.8 Å². The second-order valence-electron chi connectivity index (χ2n) is 7.40. The van der Waals surface area contributed by atoms with Crippen molar-refractivity contribution in [1.29, 1.82) is 0 Å². The summed E-state index contributed by atoms with van der Waals surface area (Å²) in [5.41, 5.74) is 0.267. The Labute approximate surface area is 204 Å². The van der Waals surface area contributed by atoms with Gasteiger partial charge in [-0.2, -0.15) is 4.31 Å². The van der Waals surface area contributed by atoms with Gasteiger partial charge < -0.3 is 24.7 Å². The molecule has 35 heavy (non-hydrogen) atoms. The van der Waals surface area contributed by atoms with Crippen LogP contribution in [0.15, 0.2) is 46.7 Å². The van der Waals surface area contributed by atoms with E-state index in [0.717, 1.165) is 4.31 Å². The van der Waals surface area contributed by atoms with E-state index in [1.807, 2.05) is 6.92 Å². The van der Waals surface area contributed by atoms with Crippen LogP contribution in [0.5, 0.6) is 5.88 Å². The zero-order valence-electron chi connectivity index (χ0n) is 19.6. The molecule has 0 saturated carbocycles. The summed E-state index contributed by atoms with van der Waals surface area (Å²) < 4.78 is 37.3. The Morgan fingerprint density at radius 1 is 1.26 bits per heavy atom. The monoisotopic (exact) mass is 507 g/mol. The standard InChI is InChI=1S/C22H29N5O7S/c1-3-27(10-11-28)35(30,31)18-7-5-16(6-8-18)21(26-34-17-9-12-32-15-17)22(29)25-19-13-24-20(14-23-19)33-4-2/h5-8,13-14,17,28H,3-4,9-12,15H2,1-2H3,(H,23,25,29)/b26-21+/t17-/m1/s1. The molecule has 1 aromatic carbocycles. The molecule has 190 valence electrons. The van der Waals surface area contributed by atoms with Crippen LogP contribution in [0.25, 0.3) is 0 Å². The van der Waals surface area contributed by atoms with Crippen LogP contribution < -0.4 is 10.1 Å². The summed E-state index contributed by atoms with van der Waals surface area (Å²) in [6, 6.07) is 5.69. The number of amides is 1. The van der Waals surface area contributed by atoms with Gasteiger partial charge in [-0.15, -0.1) is 0 Å². The zero-order chi connectivity index (χ0) is 25.3. The minimum Gasteiger partial charge on any atom is -0.477 e. The van der Waals surface area contributed by atoms with Crippen molar-refractivity contribution in [3.8, 4) is 5.88 Å². The van der Waals surface area contributed by atoms with E-state index in [9.17, 15) is 13.2 Å². The molecule has 0 aliphatic carbocycles. The third-order valence-corrected chi connectivity index (χ3v) is 7.01. The highest BCUT2D eigenvalue weighted by Crippen LogP contribution is 2.18. The van der Waals surface area contributed by atoms with Crippen LogP contribution in [0.4, 0.5) is 5.82 Å². The van der Waals surface area contributed by atoms with Gasteiger partial charge in [-0.25, -0.2) is 18.4 Å². The molecule has 13 heteroatoms. The van der Waals surface area contributed by atoms with Crippen molar-refractivity contribution in [2.45, 2.75) is 31.3 Å². The largest absolute Gasteiger partial charge is 0.477 e. The number of ether oxygens (including phenoxy) is 2. The molecular formula is C22H29N5O7S. The van der Waals surface area contributed by atoms with Crippen LogP contribution in [0.2, 0.25) is 0 Å². The molecule has 1 amide bonds. The quantitative estimate of drug-likeness (QED) is 0.317. The van der Waals surface area contributed by atoms with E-state index >= 15 is 0 Å². The summed E-state index contributed by atoms with van der Waals surface area (Å²) >= 11 is 0. The number of aromatic nitrogens is 2. The summed E-state index contributed by atoms with van der Waals surface area (Å²) in [6.07, 6.45) is 3.08. The Balaban J connectivity index is 1.84. The molecule has 3 rings (SSSR count). The number of nitrogens with zero attached hydrogens (tertiary/aromatic N) is 4. The summed E-state index contributed by atoms with van der Waals surface area (Å²) in [5.74, 6) is -0.117. The van der Waals surface area contributed by atoms with Gasteiger partial charge in [-0.1, -0.05) is 24.2 Å². The number of benzene rings is 1. The van der Waals surface area contributed by atoms with E-state index in [1.54, 1.807) is 6.92 Å². The first kappa shape index (κ1) is 26.5. The molecular weight excluding hydrogens is 478 g/mol. The van der Waals surface area contributed by atoms with Crippen molar-refractivity contribution in [1.82, 2.24) is 14.3 Å². The molecule has 2 heterocycles. The molecule has 1 aliphatic rings. The summed E-state index contributed by atoms with van der Waals surface area (Å²) in [5, 5.41) is 15.8. The molecule has 0 radical (unpaired) electrons. The van der Waals surface area contributed by atoms with E-state index in [1.165, 1.54) is 36.7 Å². The Morgan fingerprint density at radius 3 is 2.60 bits per heavy atom. The Kier molecular flexibility index (Phi) is 9.48. The number of hydrogen-bond donors (Lipinski definition) is 2. The van der Waals surface area contributed by atoms with Gasteiger partial charge in [0.2, 0.25) is 15.9 Å². The van der Waals surface area contributed by atoms with E-state index in [4.69, 9.17) is 19.4 Å². The van der Waals surface area contributed by atoms with Crippen LogP contribution >= 0.6 is 0 Å². The molecule has 1 aliphatic heterocycles. The first-order valence-electron chi connectivity index (χ1n) is 11.2. The van der Waals surface area contributed by atoms with Gasteiger partial charge in [-0.05, 0) is 19.1 Å². The van der Waals surface area contributed by atoms with Crippen molar-refractivity contribution >= 4 is 27.5 Å². The first-order chi connectivity index (χ1) is 16.9. The van der Waals surface area contributed by atoms with E-state index < -0.39 is 15.9 Å². The maximum absolute atomic E-state index is 13.0. The third-order valence-electron chi connectivity index (χ3n) is 5.03. The average Bonchev–Trinajstić information content (AvgIpc) is 3.38. The Bertz CT molecular complexity index is 1100. The highest BCUT2D eigenvalue weighted by Gasteiger charge is 2.24. The van der Waals surface area contributed by atoms with E-state index in [2.05, 4.69) is 20.4 Å². The first-order valence-corrected chi connectivity index (χ1v) is 12.6. The number of hydrogen-bond acceptors (Lipinski definition) is 10. The molecule has 1 aromatic heterocycles. The second kappa shape index (κ2) is 12.5. The topological polar surface area (TPSA) is 153 Å². The predicted octanol–water partition coefficient (Wildman–Crippen LogP) is 1.03. The fraction of sp³-hybridized carbons (Fsp3) is 0.455. The van der Waals surface area contributed by atoms with Crippen LogP contribution in [-0.2, 0) is 24.4 Å². The van der Waals surface area contributed by atoms with Crippen molar-refractivity contribution in [2.24, 2.45) is 5.16 Å². The molecule has 0 spiro atoms. The number of sulfonamides is 1. The predicted molar refractivity (Wildman–Crippen MR) is 127 cm³/mol. The minimum absolute atomic E-state index is 0.0177. The van der Waals surface area contributed by atoms with Crippen molar-refractivity contribution < 1.29 is 32.6 Å². The molecule has 1 fully saturated rings. The SMILES string of the molecule is CCOc1cnc(NC(=O)/C(=N/O[C@@H]2CCOC2)c2ccc(S(=O)(=O)N(CC)CCO)cc2)cn1. The summed E-state index contributed by atoms with van der Waals surface area (Å²) in [4.78, 5) is 26.7. The second-order valence-corrected chi connectivity index (χ2v) is 9.34. The average molecular weight is 508 g/mol. The fourth-order valence-electron chi connectivity index (χ4n) is 3.22. The molecule has 0 unspecified atom stereocenters. The number of likely N-dealkylation sites (N-methyl/N-ethyl adjacent to an activating group) is 1. The normalized spacial score (nSPS) is 16.3. The number of anilines is 1. The number of carbonyl (C=O) groups excluding carboxylic acids is 1. The molecule has 1 atom stereocenters. The molecule has 1 saturated heterocycles. The Morgan fingerprint density at radius 2 is 2.03 bits per heavy atom. The molecule has 2 aromatic rings. The highest BCUT2D eigenvalue weighted by molar-refractivity contribution is 7.89. The summed E-state index contributed by atoms with van der Waals surface area (Å²) in [7, 11) is -3.80. The number of nitrogens with one attached hydrogen (secondary N) is 1. The lowest BCUT2D eigenvalue weighted by atomic mass is 10.1. The van der Waals surface area contributed by atoms with Gasteiger partial charge in [0.15, 0.2) is 17.6 Å². The third kappa shape index (κ3) is 6.94. The molecule has 0 bridgehead atoms. The van der Waals surface area contributed by atoms with Crippen LogP contribution in [0.3, 0.4) is 0 Å². The fourth-order valence-corrected chi connectivity index (χ4v) is 4.66. The molecule has 2 N–H and O–H groups in total. The van der Waals surface area contributed by atoms with E-state index in [-0.39, 0.29) is 42.2 Å². The van der Waals surface area contributed by atoms with Gasteiger partial charge in [0, 0.05) is 25.1 Å². The lowest BCUT2D eigenvalue weighted by molar-refractivity contribution is -0.110. The van der Waals surface area contributed by atoms with Gasteiger partial charge >= 0.3 is 0 Å². The van der Waals surface area contributed by atoms with Crippen molar-refractivity contribution in [3.05, 3.63) is 42.2 Å². The van der Waals surface area contributed by atoms with Crippen molar-refractivity contribution in [2.75, 3.05) is 44.8 Å². The number of rotatable bonds is 12. The van der Waals surface area contributed by atoms with Gasteiger partial charge in [0.1, 0.15) is 0 Å². The molecule has 12 nitrogen and oxygen atoms in total. The number of carbonyl (C=O) groups is 1. The van der Waals surface area contributed by atoms with Crippen molar-refractivity contribution in [3.63, 3.8) is 0 Å². The lowest BCUT2D eigenvalue weighted by Crippen LogP contribution is -2.33. The van der Waals surface area contributed by atoms with Crippen LogP contribution in [0, 0.1) is 0 Å². The highest BCUT2D eigenvalue weighted by atomic mass is 32.2. The Hall–Kier alpha value is -3.13. The van der Waals surface area contributed by atoms with Gasteiger partial charge in [-0.3, -0.25) is 4.79 Å².